The summed E-state index contributed by atoms with van der Waals surface area (Å²) >= 11 is 1.47. The van der Waals surface area contributed by atoms with Gasteiger partial charge >= 0.3 is 0 Å². The number of hydrogen-bond donors (Lipinski definition) is 1. The molecular formula is C23H26N4O2S. The van der Waals surface area contributed by atoms with E-state index in [0.717, 1.165) is 16.5 Å². The van der Waals surface area contributed by atoms with Gasteiger partial charge in [0.25, 0.3) is 0 Å². The van der Waals surface area contributed by atoms with Crippen LogP contribution in [0.25, 0.3) is 5.69 Å². The lowest BCUT2D eigenvalue weighted by Crippen LogP contribution is -2.49. The molecule has 0 atom stereocenters. The Morgan fingerprint density at radius 1 is 1.07 bits per heavy atom. The maximum absolute atomic E-state index is 12.8. The normalized spacial score (nSPS) is 14.2. The Morgan fingerprint density at radius 3 is 2.60 bits per heavy atom. The lowest BCUT2D eigenvalue weighted by atomic mass is 10.1. The fraction of sp³-hybridized carbons (Fsp3) is 0.304. The molecule has 0 aliphatic carbocycles. The van der Waals surface area contributed by atoms with E-state index in [4.69, 9.17) is 0 Å². The van der Waals surface area contributed by atoms with Crippen molar-refractivity contribution >= 4 is 23.4 Å². The summed E-state index contributed by atoms with van der Waals surface area (Å²) in [5, 5.41) is 10.9. The van der Waals surface area contributed by atoms with Crippen LogP contribution in [0.15, 0.2) is 60.0 Å². The van der Waals surface area contributed by atoms with Crippen LogP contribution in [-0.2, 0) is 4.79 Å². The number of phenolic OH excluding ortho intramolecular Hbond substituents is 1. The molecular weight excluding hydrogens is 396 g/mol. The van der Waals surface area contributed by atoms with E-state index < -0.39 is 0 Å². The quantitative estimate of drug-likeness (QED) is 0.636. The van der Waals surface area contributed by atoms with Crippen LogP contribution >= 0.6 is 11.8 Å². The number of aromatic nitrogens is 2. The molecule has 0 unspecified atom stereocenters. The van der Waals surface area contributed by atoms with Crippen LogP contribution in [0.1, 0.15) is 11.1 Å². The second-order valence-electron chi connectivity index (χ2n) is 7.51. The zero-order valence-corrected chi connectivity index (χ0v) is 18.1. The number of piperazine rings is 1. The van der Waals surface area contributed by atoms with E-state index in [-0.39, 0.29) is 11.7 Å². The molecule has 1 fully saturated rings. The molecule has 1 N–H and O–H groups in total. The summed E-state index contributed by atoms with van der Waals surface area (Å²) in [6.07, 6.45) is 3.72. The minimum absolute atomic E-state index is 0.118. The zero-order valence-electron chi connectivity index (χ0n) is 17.3. The van der Waals surface area contributed by atoms with Crippen molar-refractivity contribution in [2.45, 2.75) is 19.0 Å². The monoisotopic (exact) mass is 422 g/mol. The van der Waals surface area contributed by atoms with Crippen molar-refractivity contribution in [1.29, 1.82) is 0 Å². The average molecular weight is 423 g/mol. The van der Waals surface area contributed by atoms with E-state index in [1.165, 1.54) is 22.9 Å². The number of amides is 1. The first-order valence-corrected chi connectivity index (χ1v) is 11.1. The van der Waals surface area contributed by atoms with Gasteiger partial charge in [-0.05, 0) is 43.2 Å². The number of thioether (sulfide) groups is 1. The molecule has 1 aromatic heterocycles. The molecule has 1 amide bonds. The standard InChI is InChI=1S/C23H26N4O2S/c1-17-7-8-18(2)20(15-17)27-10-9-24-23(27)30-16-22(29)26-13-11-25(12-14-26)19-5-3-4-6-21(19)28/h3-10,15,28H,11-14,16H2,1-2H3. The Hall–Kier alpha value is -2.93. The Labute approximate surface area is 181 Å². The molecule has 1 saturated heterocycles. The number of imidazole rings is 1. The van der Waals surface area contributed by atoms with Gasteiger partial charge in [-0.3, -0.25) is 9.36 Å². The maximum Gasteiger partial charge on any atom is 0.233 e. The second-order valence-corrected chi connectivity index (χ2v) is 8.46. The van der Waals surface area contributed by atoms with E-state index in [1.807, 2.05) is 29.3 Å². The minimum Gasteiger partial charge on any atom is -0.506 e. The third kappa shape index (κ3) is 4.31. The molecule has 1 aliphatic rings. The van der Waals surface area contributed by atoms with Gasteiger partial charge in [-0.15, -0.1) is 0 Å². The van der Waals surface area contributed by atoms with Crippen LogP contribution in [0.3, 0.4) is 0 Å². The van der Waals surface area contributed by atoms with Crippen LogP contribution in [0.2, 0.25) is 0 Å². The molecule has 2 aromatic carbocycles. The average Bonchev–Trinajstić information content (AvgIpc) is 3.22. The second kappa shape index (κ2) is 8.83. The molecule has 156 valence electrons. The highest BCUT2D eigenvalue weighted by Gasteiger charge is 2.23. The molecule has 0 bridgehead atoms. The van der Waals surface area contributed by atoms with Crippen LogP contribution in [0, 0.1) is 13.8 Å². The van der Waals surface area contributed by atoms with Gasteiger partial charge in [0.05, 0.1) is 17.1 Å². The Kier molecular flexibility index (Phi) is 5.99. The molecule has 0 radical (unpaired) electrons. The van der Waals surface area contributed by atoms with Crippen molar-refractivity contribution in [3.8, 4) is 11.4 Å². The van der Waals surface area contributed by atoms with Crippen molar-refractivity contribution in [2.75, 3.05) is 36.8 Å². The smallest absolute Gasteiger partial charge is 0.233 e. The van der Waals surface area contributed by atoms with Crippen LogP contribution in [0.4, 0.5) is 5.69 Å². The summed E-state index contributed by atoms with van der Waals surface area (Å²) in [5.41, 5.74) is 4.29. The number of benzene rings is 2. The van der Waals surface area contributed by atoms with Crippen molar-refractivity contribution < 1.29 is 9.90 Å². The van der Waals surface area contributed by atoms with E-state index >= 15 is 0 Å². The third-order valence-electron chi connectivity index (χ3n) is 5.41. The van der Waals surface area contributed by atoms with Gasteiger partial charge in [-0.2, -0.15) is 0 Å². The number of carbonyl (C=O) groups excluding carboxylic acids is 1. The highest BCUT2D eigenvalue weighted by molar-refractivity contribution is 7.99. The number of aromatic hydroxyl groups is 1. The summed E-state index contributed by atoms with van der Waals surface area (Å²) in [4.78, 5) is 21.3. The first-order chi connectivity index (χ1) is 14.5. The summed E-state index contributed by atoms with van der Waals surface area (Å²) in [7, 11) is 0. The van der Waals surface area contributed by atoms with Gasteiger partial charge in [-0.25, -0.2) is 4.98 Å². The lowest BCUT2D eigenvalue weighted by molar-refractivity contribution is -0.128. The predicted octanol–water partition coefficient (Wildman–Crippen LogP) is 3.64. The Balaban J connectivity index is 1.36. The number of nitrogens with zero attached hydrogens (tertiary/aromatic N) is 4. The fourth-order valence-electron chi connectivity index (χ4n) is 3.70. The highest BCUT2D eigenvalue weighted by atomic mass is 32.2. The van der Waals surface area contributed by atoms with Gasteiger partial charge < -0.3 is 14.9 Å². The first-order valence-electron chi connectivity index (χ1n) is 10.1. The van der Waals surface area contributed by atoms with Gasteiger partial charge in [0, 0.05) is 38.6 Å². The van der Waals surface area contributed by atoms with Gasteiger partial charge in [0.15, 0.2) is 5.16 Å². The molecule has 3 aromatic rings. The molecule has 2 heterocycles. The summed E-state index contributed by atoms with van der Waals surface area (Å²) in [6.45, 7) is 6.89. The van der Waals surface area contributed by atoms with Gasteiger partial charge in [0.2, 0.25) is 5.91 Å². The van der Waals surface area contributed by atoms with E-state index in [2.05, 4.69) is 46.5 Å². The molecule has 0 saturated carbocycles. The maximum atomic E-state index is 12.8. The van der Waals surface area contributed by atoms with Crippen LogP contribution in [0.5, 0.6) is 5.75 Å². The van der Waals surface area contributed by atoms with E-state index in [0.29, 0.717) is 31.9 Å². The van der Waals surface area contributed by atoms with E-state index in [9.17, 15) is 9.90 Å². The Bertz CT molecular complexity index is 1040. The van der Waals surface area contributed by atoms with Crippen molar-refractivity contribution in [2.24, 2.45) is 0 Å². The first kappa shape index (κ1) is 20.3. The molecule has 1 aliphatic heterocycles. The number of aryl methyl sites for hydroxylation is 2. The van der Waals surface area contributed by atoms with Gasteiger partial charge in [0.1, 0.15) is 5.75 Å². The largest absolute Gasteiger partial charge is 0.506 e. The molecule has 30 heavy (non-hydrogen) atoms. The summed E-state index contributed by atoms with van der Waals surface area (Å²) in [6, 6.07) is 13.7. The fourth-order valence-corrected chi connectivity index (χ4v) is 4.57. The Morgan fingerprint density at radius 2 is 1.83 bits per heavy atom. The molecule has 0 spiro atoms. The van der Waals surface area contributed by atoms with Crippen LogP contribution in [-0.4, -0.2) is 57.4 Å². The molecule has 4 rings (SSSR count). The number of phenols is 1. The SMILES string of the molecule is Cc1ccc(C)c(-n2ccnc2SCC(=O)N2CCN(c3ccccc3O)CC2)c1. The number of hydrogen-bond acceptors (Lipinski definition) is 5. The van der Waals surface area contributed by atoms with Crippen molar-refractivity contribution in [1.82, 2.24) is 14.5 Å². The number of carbonyl (C=O) groups is 1. The van der Waals surface area contributed by atoms with Crippen molar-refractivity contribution in [3.05, 3.63) is 66.0 Å². The number of rotatable bonds is 5. The van der Waals surface area contributed by atoms with Crippen LogP contribution < -0.4 is 4.90 Å². The summed E-state index contributed by atoms with van der Waals surface area (Å²) < 4.78 is 2.05. The molecule has 6 nitrogen and oxygen atoms in total. The topological polar surface area (TPSA) is 61.6 Å². The number of para-hydroxylation sites is 2. The number of anilines is 1. The van der Waals surface area contributed by atoms with Gasteiger partial charge in [-0.1, -0.05) is 36.0 Å². The van der Waals surface area contributed by atoms with E-state index in [1.54, 1.807) is 12.3 Å². The highest BCUT2D eigenvalue weighted by Crippen LogP contribution is 2.28. The molecule has 7 heteroatoms. The predicted molar refractivity (Wildman–Crippen MR) is 121 cm³/mol. The summed E-state index contributed by atoms with van der Waals surface area (Å²) in [5.74, 6) is 0.761. The zero-order chi connectivity index (χ0) is 21.1. The van der Waals surface area contributed by atoms with Crippen molar-refractivity contribution in [3.63, 3.8) is 0 Å². The lowest BCUT2D eigenvalue weighted by Gasteiger charge is -2.36. The third-order valence-corrected chi connectivity index (χ3v) is 6.36. The minimum atomic E-state index is 0.118.